The summed E-state index contributed by atoms with van der Waals surface area (Å²) >= 11 is 0. The van der Waals surface area contributed by atoms with Crippen molar-refractivity contribution in [2.24, 2.45) is 7.05 Å². The standard InChI is InChI=1S/C27H30N6O2/c1-31(14-12-22-20-32(2)24-11-7-6-10-23(22)24)25-28-26(33-15-18-34-19-16-33)30-27(29-25)35-17-13-21-8-4-3-5-9-21/h3-12,14,20H,13,15-19H2,1-2H3. The van der Waals surface area contributed by atoms with Crippen molar-refractivity contribution in [1.82, 2.24) is 19.5 Å². The molecule has 180 valence electrons. The smallest absolute Gasteiger partial charge is 0.323 e. The maximum Gasteiger partial charge on any atom is 0.323 e. The fourth-order valence-corrected chi connectivity index (χ4v) is 4.13. The Morgan fingerprint density at radius 3 is 2.60 bits per heavy atom. The molecule has 1 saturated heterocycles. The first kappa shape index (κ1) is 22.9. The molecule has 1 aliphatic rings. The van der Waals surface area contributed by atoms with Gasteiger partial charge in [0.15, 0.2) is 0 Å². The molecule has 0 atom stereocenters. The lowest BCUT2D eigenvalue weighted by atomic mass is 10.2. The van der Waals surface area contributed by atoms with Crippen LogP contribution >= 0.6 is 0 Å². The first-order chi connectivity index (χ1) is 17.2. The summed E-state index contributed by atoms with van der Waals surface area (Å²) in [5.74, 6) is 1.14. The Morgan fingerprint density at radius 1 is 1.00 bits per heavy atom. The minimum Gasteiger partial charge on any atom is -0.463 e. The molecule has 0 N–H and O–H groups in total. The van der Waals surface area contributed by atoms with Gasteiger partial charge in [-0.1, -0.05) is 48.5 Å². The van der Waals surface area contributed by atoms with Gasteiger partial charge in [-0.25, -0.2) is 0 Å². The molecular weight excluding hydrogens is 440 g/mol. The number of hydrogen-bond acceptors (Lipinski definition) is 7. The van der Waals surface area contributed by atoms with Gasteiger partial charge in [-0.15, -0.1) is 0 Å². The number of aromatic nitrogens is 4. The second-order valence-corrected chi connectivity index (χ2v) is 8.54. The molecule has 0 spiro atoms. The van der Waals surface area contributed by atoms with E-state index in [-0.39, 0.29) is 0 Å². The van der Waals surface area contributed by atoms with Crippen molar-refractivity contribution < 1.29 is 9.47 Å². The minimum absolute atomic E-state index is 0.331. The van der Waals surface area contributed by atoms with Crippen LogP contribution in [0.3, 0.4) is 0 Å². The number of nitrogens with zero attached hydrogens (tertiary/aromatic N) is 6. The number of fused-ring (bicyclic) bond motifs is 1. The molecule has 0 amide bonds. The molecule has 0 radical (unpaired) electrons. The van der Waals surface area contributed by atoms with Gasteiger partial charge < -0.3 is 23.8 Å². The van der Waals surface area contributed by atoms with Crippen molar-refractivity contribution in [2.45, 2.75) is 6.42 Å². The molecule has 2 aromatic heterocycles. The van der Waals surface area contributed by atoms with E-state index in [1.807, 2.05) is 36.3 Å². The summed E-state index contributed by atoms with van der Waals surface area (Å²) in [7, 11) is 4.00. The molecule has 1 fully saturated rings. The molecule has 8 heteroatoms. The number of morpholine rings is 1. The number of hydrogen-bond donors (Lipinski definition) is 0. The van der Waals surface area contributed by atoms with Crippen molar-refractivity contribution >= 4 is 28.9 Å². The normalized spacial score (nSPS) is 14.1. The third-order valence-corrected chi connectivity index (χ3v) is 6.07. The summed E-state index contributed by atoms with van der Waals surface area (Å²) in [5.41, 5.74) is 3.54. The van der Waals surface area contributed by atoms with Crippen LogP contribution in [-0.4, -0.2) is 59.5 Å². The van der Waals surface area contributed by atoms with Gasteiger partial charge in [0.1, 0.15) is 0 Å². The van der Waals surface area contributed by atoms with E-state index in [1.165, 1.54) is 16.5 Å². The first-order valence-electron chi connectivity index (χ1n) is 11.9. The number of aryl methyl sites for hydroxylation is 1. The number of para-hydroxylation sites is 1. The minimum atomic E-state index is 0.331. The Morgan fingerprint density at radius 2 is 1.77 bits per heavy atom. The van der Waals surface area contributed by atoms with Crippen molar-refractivity contribution in [3.8, 4) is 6.01 Å². The van der Waals surface area contributed by atoms with Gasteiger partial charge in [-0.05, 0) is 17.7 Å². The van der Waals surface area contributed by atoms with Gasteiger partial charge >= 0.3 is 6.01 Å². The van der Waals surface area contributed by atoms with Crippen molar-refractivity contribution in [3.63, 3.8) is 0 Å². The predicted molar refractivity (Wildman–Crippen MR) is 139 cm³/mol. The summed E-state index contributed by atoms with van der Waals surface area (Å²) in [6, 6.07) is 19.0. The van der Waals surface area contributed by atoms with E-state index in [9.17, 15) is 0 Å². The molecule has 0 unspecified atom stereocenters. The Bertz CT molecular complexity index is 1300. The summed E-state index contributed by atoms with van der Waals surface area (Å²) in [5, 5.41) is 1.20. The SMILES string of the molecule is CN(C=Cc1cn(C)c2ccccc12)c1nc(OCCc2ccccc2)nc(N2CCOCC2)n1. The third kappa shape index (κ3) is 5.44. The lowest BCUT2D eigenvalue weighted by Gasteiger charge is -2.27. The van der Waals surface area contributed by atoms with E-state index in [2.05, 4.69) is 75.2 Å². The van der Waals surface area contributed by atoms with Crippen LogP contribution < -0.4 is 14.5 Å². The Balaban J connectivity index is 1.37. The number of anilines is 2. The number of rotatable bonds is 8. The number of benzene rings is 2. The summed E-state index contributed by atoms with van der Waals surface area (Å²) in [4.78, 5) is 18.0. The van der Waals surface area contributed by atoms with Crippen LogP contribution in [0.2, 0.25) is 0 Å². The average Bonchev–Trinajstić information content (AvgIpc) is 3.23. The lowest BCUT2D eigenvalue weighted by molar-refractivity contribution is 0.122. The van der Waals surface area contributed by atoms with Crippen LogP contribution in [0.15, 0.2) is 67.0 Å². The Kier molecular flexibility index (Phi) is 6.90. The van der Waals surface area contributed by atoms with Crippen LogP contribution in [0, 0.1) is 0 Å². The molecule has 8 nitrogen and oxygen atoms in total. The summed E-state index contributed by atoms with van der Waals surface area (Å²) < 4.78 is 13.6. The highest BCUT2D eigenvalue weighted by Crippen LogP contribution is 2.23. The second kappa shape index (κ2) is 10.6. The molecule has 0 saturated carbocycles. The van der Waals surface area contributed by atoms with Crippen LogP contribution in [0.4, 0.5) is 11.9 Å². The molecule has 3 heterocycles. The Hall–Kier alpha value is -3.91. The molecular formula is C27H30N6O2. The van der Waals surface area contributed by atoms with Crippen LogP contribution in [-0.2, 0) is 18.2 Å². The van der Waals surface area contributed by atoms with Gasteiger partial charge in [0.2, 0.25) is 11.9 Å². The van der Waals surface area contributed by atoms with E-state index in [4.69, 9.17) is 14.5 Å². The van der Waals surface area contributed by atoms with E-state index < -0.39 is 0 Å². The van der Waals surface area contributed by atoms with Gasteiger partial charge in [0, 0.05) is 62.5 Å². The second-order valence-electron chi connectivity index (χ2n) is 8.54. The summed E-state index contributed by atoms with van der Waals surface area (Å²) in [6.07, 6.45) is 6.97. The molecule has 2 aromatic carbocycles. The molecule has 35 heavy (non-hydrogen) atoms. The van der Waals surface area contributed by atoms with Gasteiger partial charge in [0.05, 0.1) is 19.8 Å². The van der Waals surface area contributed by atoms with Crippen molar-refractivity contribution in [2.75, 3.05) is 49.8 Å². The van der Waals surface area contributed by atoms with Crippen LogP contribution in [0.25, 0.3) is 17.0 Å². The fraction of sp³-hybridized carbons (Fsp3) is 0.296. The highest BCUT2D eigenvalue weighted by atomic mass is 16.5. The van der Waals surface area contributed by atoms with E-state index >= 15 is 0 Å². The zero-order chi connectivity index (χ0) is 24.0. The van der Waals surface area contributed by atoms with Crippen LogP contribution in [0.1, 0.15) is 11.1 Å². The Labute approximate surface area is 205 Å². The van der Waals surface area contributed by atoms with Gasteiger partial charge in [0.25, 0.3) is 0 Å². The molecule has 0 bridgehead atoms. The zero-order valence-electron chi connectivity index (χ0n) is 20.2. The highest BCUT2D eigenvalue weighted by molar-refractivity contribution is 5.89. The van der Waals surface area contributed by atoms with E-state index in [0.717, 1.165) is 25.1 Å². The largest absolute Gasteiger partial charge is 0.463 e. The monoisotopic (exact) mass is 470 g/mol. The van der Waals surface area contributed by atoms with E-state index in [0.29, 0.717) is 37.7 Å². The van der Waals surface area contributed by atoms with Gasteiger partial charge in [-0.2, -0.15) is 15.0 Å². The zero-order valence-corrected chi connectivity index (χ0v) is 20.2. The lowest BCUT2D eigenvalue weighted by Crippen LogP contribution is -2.37. The molecule has 5 rings (SSSR count). The third-order valence-electron chi connectivity index (χ3n) is 6.07. The molecule has 1 aliphatic heterocycles. The molecule has 0 aliphatic carbocycles. The summed E-state index contributed by atoms with van der Waals surface area (Å²) in [6.45, 7) is 3.28. The average molecular weight is 471 g/mol. The topological polar surface area (TPSA) is 68.5 Å². The first-order valence-corrected chi connectivity index (χ1v) is 11.9. The van der Waals surface area contributed by atoms with Crippen molar-refractivity contribution in [3.05, 3.63) is 78.1 Å². The van der Waals surface area contributed by atoms with Crippen molar-refractivity contribution in [1.29, 1.82) is 0 Å². The fourth-order valence-electron chi connectivity index (χ4n) is 4.13. The highest BCUT2D eigenvalue weighted by Gasteiger charge is 2.18. The van der Waals surface area contributed by atoms with Gasteiger partial charge in [-0.3, -0.25) is 0 Å². The number of ether oxygens (including phenoxy) is 2. The molecule has 4 aromatic rings. The maximum atomic E-state index is 5.98. The quantitative estimate of drug-likeness (QED) is 0.387. The van der Waals surface area contributed by atoms with Crippen LogP contribution in [0.5, 0.6) is 6.01 Å². The predicted octanol–water partition coefficient (Wildman–Crippen LogP) is 3.93. The van der Waals surface area contributed by atoms with E-state index in [1.54, 1.807) is 0 Å². The maximum absolute atomic E-state index is 5.98.